The van der Waals surface area contributed by atoms with Gasteiger partial charge in [0.25, 0.3) is 0 Å². The van der Waals surface area contributed by atoms with Crippen LogP contribution in [-0.2, 0) is 4.74 Å². The maximum absolute atomic E-state index is 5.36. The number of ether oxygens (including phenoxy) is 1. The van der Waals surface area contributed by atoms with Crippen molar-refractivity contribution < 1.29 is 4.74 Å². The van der Waals surface area contributed by atoms with E-state index in [0.29, 0.717) is 0 Å². The van der Waals surface area contributed by atoms with Crippen molar-refractivity contribution >= 4 is 5.76 Å². The monoisotopic (exact) mass is 217 g/mol. The number of hydrogen-bond donors (Lipinski definition) is 2. The second-order valence-electron chi connectivity index (χ2n) is 3.35. The molecule has 0 unspecified atom stereocenters. The Kier molecular flexibility index (Phi) is 3.58. The molecule has 0 aromatic heterocycles. The Morgan fingerprint density at radius 2 is 2.19 bits per heavy atom. The van der Waals surface area contributed by atoms with E-state index >= 15 is 0 Å². The molecule has 84 valence electrons. The third-order valence-electron chi connectivity index (χ3n) is 2.23. The topological polar surface area (TPSA) is 36.5 Å². The highest BCUT2D eigenvalue weighted by Crippen LogP contribution is 2.15. The van der Waals surface area contributed by atoms with Gasteiger partial charge in [-0.1, -0.05) is 36.4 Å². The zero-order valence-corrected chi connectivity index (χ0v) is 9.18. The summed E-state index contributed by atoms with van der Waals surface area (Å²) < 4.78 is 5.36. The minimum absolute atomic E-state index is 0.807. The summed E-state index contributed by atoms with van der Waals surface area (Å²) in [5.41, 5.74) is 7.05. The van der Waals surface area contributed by atoms with Crippen LogP contribution < -0.4 is 11.0 Å². The van der Waals surface area contributed by atoms with Crippen LogP contribution in [0, 0.1) is 0 Å². The van der Waals surface area contributed by atoms with Crippen molar-refractivity contribution in [1.82, 2.24) is 16.0 Å². The highest BCUT2D eigenvalue weighted by Gasteiger charge is 2.04. The van der Waals surface area contributed by atoms with Gasteiger partial charge in [-0.05, 0) is 0 Å². The highest BCUT2D eigenvalue weighted by molar-refractivity contribution is 5.59. The lowest BCUT2D eigenvalue weighted by Crippen LogP contribution is -2.44. The number of nitrogens with one attached hydrogen (secondary N) is 2. The maximum atomic E-state index is 5.36. The van der Waals surface area contributed by atoms with E-state index in [1.807, 2.05) is 53.8 Å². The summed E-state index contributed by atoms with van der Waals surface area (Å²) >= 11 is 0. The fourth-order valence-electron chi connectivity index (χ4n) is 1.45. The molecule has 1 aromatic rings. The van der Waals surface area contributed by atoms with Gasteiger partial charge in [-0.3, -0.25) is 5.01 Å². The van der Waals surface area contributed by atoms with E-state index in [4.69, 9.17) is 4.74 Å². The van der Waals surface area contributed by atoms with Crippen LogP contribution in [0.4, 0.5) is 0 Å². The Morgan fingerprint density at radius 1 is 1.38 bits per heavy atom. The van der Waals surface area contributed by atoms with E-state index in [2.05, 4.69) is 11.0 Å². The van der Waals surface area contributed by atoms with E-state index in [-0.39, 0.29) is 0 Å². The summed E-state index contributed by atoms with van der Waals surface area (Å²) in [5, 5.41) is 1.81. The molecule has 1 aliphatic heterocycles. The molecule has 1 heterocycles. The Labute approximate surface area is 95.1 Å². The first kappa shape index (κ1) is 10.7. The first-order valence-corrected chi connectivity index (χ1v) is 5.15. The van der Waals surface area contributed by atoms with Crippen LogP contribution >= 0.6 is 0 Å². The minimum Gasteiger partial charge on any atom is -0.495 e. The van der Waals surface area contributed by atoms with Crippen molar-refractivity contribution in [2.24, 2.45) is 0 Å². The first-order chi connectivity index (χ1) is 7.90. The first-order valence-electron chi connectivity index (χ1n) is 5.15. The fraction of sp³-hybridized carbons (Fsp3) is 0.167. The molecule has 0 bridgehead atoms. The van der Waals surface area contributed by atoms with Crippen LogP contribution in [0.25, 0.3) is 5.76 Å². The molecule has 0 atom stereocenters. The molecule has 1 aromatic carbocycles. The predicted molar refractivity (Wildman–Crippen MR) is 63.5 cm³/mol. The molecule has 0 saturated heterocycles. The maximum Gasteiger partial charge on any atom is 0.143 e. The lowest BCUT2D eigenvalue weighted by Gasteiger charge is -2.22. The second-order valence-corrected chi connectivity index (χ2v) is 3.35. The molecule has 0 radical (unpaired) electrons. The van der Waals surface area contributed by atoms with Gasteiger partial charge < -0.3 is 4.74 Å². The van der Waals surface area contributed by atoms with Crippen molar-refractivity contribution in [3.63, 3.8) is 0 Å². The van der Waals surface area contributed by atoms with Gasteiger partial charge in [0.1, 0.15) is 5.76 Å². The number of nitrogens with zero attached hydrogens (tertiary/aromatic N) is 1. The van der Waals surface area contributed by atoms with Crippen molar-refractivity contribution in [1.29, 1.82) is 0 Å². The summed E-state index contributed by atoms with van der Waals surface area (Å²) in [6.45, 7) is 0.817. The Balaban J connectivity index is 2.18. The summed E-state index contributed by atoms with van der Waals surface area (Å²) in [6.07, 6.45) is 5.85. The second kappa shape index (κ2) is 5.34. The Bertz CT molecular complexity index is 387. The van der Waals surface area contributed by atoms with Gasteiger partial charge in [-0.15, -0.1) is 0 Å². The average molecular weight is 217 g/mol. The normalized spacial score (nSPS) is 16.3. The van der Waals surface area contributed by atoms with Crippen LogP contribution in [0.3, 0.4) is 0 Å². The minimum atomic E-state index is 0.807. The molecule has 1 aliphatic rings. The van der Waals surface area contributed by atoms with Crippen LogP contribution in [0.2, 0.25) is 0 Å². The van der Waals surface area contributed by atoms with Gasteiger partial charge in [-0.25, -0.2) is 5.43 Å². The number of rotatable bonds is 3. The summed E-state index contributed by atoms with van der Waals surface area (Å²) in [5.74, 6) is 0.807. The van der Waals surface area contributed by atoms with Crippen molar-refractivity contribution in [3.8, 4) is 0 Å². The van der Waals surface area contributed by atoms with Gasteiger partial charge in [0, 0.05) is 18.3 Å². The molecule has 0 aliphatic carbocycles. The van der Waals surface area contributed by atoms with Crippen molar-refractivity contribution in [2.45, 2.75) is 0 Å². The molecule has 16 heavy (non-hydrogen) atoms. The number of methoxy groups -OCH3 is 1. The molecule has 4 heteroatoms. The van der Waals surface area contributed by atoms with E-state index in [0.717, 1.165) is 17.9 Å². The Hall–Kier alpha value is -1.78. The molecule has 0 fully saturated rings. The van der Waals surface area contributed by atoms with E-state index < -0.39 is 0 Å². The van der Waals surface area contributed by atoms with Crippen LogP contribution in [0.15, 0.2) is 48.8 Å². The third kappa shape index (κ3) is 2.62. The predicted octanol–water partition coefficient (Wildman–Crippen LogP) is 1.47. The zero-order valence-electron chi connectivity index (χ0n) is 9.18. The van der Waals surface area contributed by atoms with Gasteiger partial charge in [0.15, 0.2) is 0 Å². The molecule has 4 nitrogen and oxygen atoms in total. The number of hydrazine groups is 2. The SMILES string of the molecule is CO/C(=C\N1C=CCNN1)c1ccccc1. The molecule has 0 spiro atoms. The van der Waals surface area contributed by atoms with Gasteiger partial charge in [0.2, 0.25) is 0 Å². The molecule has 0 saturated carbocycles. The highest BCUT2D eigenvalue weighted by atomic mass is 16.5. The number of benzene rings is 1. The number of hydrogen-bond acceptors (Lipinski definition) is 4. The lowest BCUT2D eigenvalue weighted by molar-refractivity contribution is 0.280. The quantitative estimate of drug-likeness (QED) is 0.752. The summed E-state index contributed by atoms with van der Waals surface area (Å²) in [6, 6.07) is 9.98. The standard InChI is InChI=1S/C12H15N3O/c1-16-12(11-6-3-2-4-7-11)10-15-9-5-8-13-14-15/h2-7,9-10,13-14H,8H2,1H3/b12-10-. The van der Waals surface area contributed by atoms with Crippen LogP contribution in [-0.4, -0.2) is 18.7 Å². The molecular weight excluding hydrogens is 202 g/mol. The molecular formula is C12H15N3O. The fourth-order valence-corrected chi connectivity index (χ4v) is 1.45. The van der Waals surface area contributed by atoms with Crippen LogP contribution in [0.5, 0.6) is 0 Å². The van der Waals surface area contributed by atoms with Crippen molar-refractivity contribution in [3.05, 3.63) is 54.4 Å². The van der Waals surface area contributed by atoms with Crippen LogP contribution in [0.1, 0.15) is 5.56 Å². The van der Waals surface area contributed by atoms with E-state index in [1.165, 1.54) is 0 Å². The van der Waals surface area contributed by atoms with Crippen molar-refractivity contribution in [2.75, 3.05) is 13.7 Å². The summed E-state index contributed by atoms with van der Waals surface area (Å²) in [7, 11) is 1.67. The molecule has 2 rings (SSSR count). The third-order valence-corrected chi connectivity index (χ3v) is 2.23. The molecule has 0 amide bonds. The van der Waals surface area contributed by atoms with Gasteiger partial charge in [0.05, 0.1) is 13.3 Å². The summed E-state index contributed by atoms with van der Waals surface area (Å²) in [4.78, 5) is 0. The lowest BCUT2D eigenvalue weighted by atomic mass is 10.2. The average Bonchev–Trinajstić information content (AvgIpc) is 2.38. The van der Waals surface area contributed by atoms with E-state index in [1.54, 1.807) is 7.11 Å². The molecule has 2 N–H and O–H groups in total. The zero-order chi connectivity index (χ0) is 11.2. The van der Waals surface area contributed by atoms with Gasteiger partial charge in [-0.2, -0.15) is 5.53 Å². The van der Waals surface area contributed by atoms with E-state index in [9.17, 15) is 0 Å². The Morgan fingerprint density at radius 3 is 2.81 bits per heavy atom. The smallest absolute Gasteiger partial charge is 0.143 e. The van der Waals surface area contributed by atoms with Gasteiger partial charge >= 0.3 is 0 Å². The largest absolute Gasteiger partial charge is 0.495 e.